The van der Waals surface area contributed by atoms with Crippen LogP contribution < -0.4 is 11.1 Å². The molecule has 3 N–H and O–H groups in total. The fraction of sp³-hybridized carbons (Fsp3) is 0.294. The van der Waals surface area contributed by atoms with Crippen molar-refractivity contribution in [1.82, 2.24) is 15.3 Å². The zero-order valence-corrected chi connectivity index (χ0v) is 13.8. The van der Waals surface area contributed by atoms with Gasteiger partial charge >= 0.3 is 0 Å². The predicted octanol–water partition coefficient (Wildman–Crippen LogP) is 2.28. The number of rotatable bonds is 2. The Morgan fingerprint density at radius 2 is 2.04 bits per heavy atom. The average Bonchev–Trinajstić information content (AvgIpc) is 2.52. The summed E-state index contributed by atoms with van der Waals surface area (Å²) in [6.45, 7) is 5.97. The van der Waals surface area contributed by atoms with E-state index in [1.54, 1.807) is 25.4 Å². The summed E-state index contributed by atoms with van der Waals surface area (Å²) in [5, 5.41) is 3.59. The van der Waals surface area contributed by atoms with Crippen molar-refractivity contribution in [2.75, 3.05) is 7.05 Å². The molecular weight excluding hydrogens is 290 g/mol. The third-order valence-corrected chi connectivity index (χ3v) is 3.34. The van der Waals surface area contributed by atoms with Gasteiger partial charge in [0, 0.05) is 29.7 Å². The maximum absolute atomic E-state index is 12.3. The molecule has 0 saturated carbocycles. The van der Waals surface area contributed by atoms with Crippen molar-refractivity contribution in [3.8, 4) is 0 Å². The first-order valence-corrected chi connectivity index (χ1v) is 7.29. The molecule has 0 aliphatic carbocycles. The van der Waals surface area contributed by atoms with Gasteiger partial charge in [0.1, 0.15) is 11.5 Å². The maximum atomic E-state index is 12.3. The number of nitrogens with one attached hydrogen (secondary N) is 1. The van der Waals surface area contributed by atoms with E-state index in [0.29, 0.717) is 17.2 Å². The summed E-state index contributed by atoms with van der Waals surface area (Å²) in [4.78, 5) is 24.8. The van der Waals surface area contributed by atoms with Gasteiger partial charge in [-0.25, -0.2) is 9.97 Å². The summed E-state index contributed by atoms with van der Waals surface area (Å²) < 4.78 is 0. The van der Waals surface area contributed by atoms with E-state index in [0.717, 1.165) is 5.39 Å². The van der Waals surface area contributed by atoms with E-state index in [4.69, 9.17) is 5.73 Å². The summed E-state index contributed by atoms with van der Waals surface area (Å²) in [5.74, 6) is 0.0430. The molecule has 23 heavy (non-hydrogen) atoms. The third-order valence-electron chi connectivity index (χ3n) is 3.34. The Bertz CT molecular complexity index is 787. The molecule has 0 aromatic carbocycles. The Hall–Kier alpha value is -2.76. The van der Waals surface area contributed by atoms with E-state index in [1.807, 2.05) is 39.0 Å². The van der Waals surface area contributed by atoms with Crippen LogP contribution in [0, 0.1) is 5.41 Å². The van der Waals surface area contributed by atoms with Crippen LogP contribution in [0.3, 0.4) is 0 Å². The van der Waals surface area contributed by atoms with Gasteiger partial charge in [-0.3, -0.25) is 9.79 Å². The molecule has 0 radical (unpaired) electrons. The molecule has 0 saturated heterocycles. The predicted molar refractivity (Wildman–Crippen MR) is 92.1 cm³/mol. The number of nitrogens with zero attached hydrogens (tertiary/aromatic N) is 3. The number of aliphatic imine (C=N–C) groups is 1. The van der Waals surface area contributed by atoms with E-state index in [9.17, 15) is 4.79 Å². The summed E-state index contributed by atoms with van der Waals surface area (Å²) in [7, 11) is 1.59. The summed E-state index contributed by atoms with van der Waals surface area (Å²) in [6.07, 6.45) is 3.31. The monoisotopic (exact) mass is 311 g/mol. The van der Waals surface area contributed by atoms with Crippen molar-refractivity contribution in [1.29, 1.82) is 0 Å². The normalized spacial score (nSPS) is 13.2. The minimum Gasteiger partial charge on any atom is -0.401 e. The Labute approximate surface area is 135 Å². The van der Waals surface area contributed by atoms with Crippen LogP contribution in [0.15, 0.2) is 47.2 Å². The van der Waals surface area contributed by atoms with Gasteiger partial charge in [0.15, 0.2) is 5.65 Å². The quantitative estimate of drug-likeness (QED) is 0.657. The van der Waals surface area contributed by atoms with Crippen LogP contribution in [0.4, 0.5) is 0 Å². The minimum absolute atomic E-state index is 0.203. The number of allylic oxidation sites excluding steroid dienone is 1. The molecule has 6 nitrogen and oxygen atoms in total. The molecule has 2 rings (SSSR count). The Balaban J connectivity index is 2.22. The van der Waals surface area contributed by atoms with Crippen LogP contribution in [-0.4, -0.2) is 28.8 Å². The number of hydrogen-bond donors (Lipinski definition) is 2. The van der Waals surface area contributed by atoms with Crippen molar-refractivity contribution in [2.24, 2.45) is 16.1 Å². The third kappa shape index (κ3) is 4.12. The Morgan fingerprint density at radius 1 is 1.30 bits per heavy atom. The molecule has 2 aromatic heterocycles. The van der Waals surface area contributed by atoms with Crippen molar-refractivity contribution < 1.29 is 4.79 Å². The highest BCUT2D eigenvalue weighted by molar-refractivity contribution is 6.10. The van der Waals surface area contributed by atoms with Gasteiger partial charge < -0.3 is 11.1 Å². The highest BCUT2D eigenvalue weighted by Crippen LogP contribution is 2.20. The number of carbonyl (C=O) groups excluding carboxylic acids is 1. The van der Waals surface area contributed by atoms with E-state index < -0.39 is 0 Å². The lowest BCUT2D eigenvalue weighted by molar-refractivity contribution is 0.0972. The van der Waals surface area contributed by atoms with Gasteiger partial charge in [-0.15, -0.1) is 0 Å². The van der Waals surface area contributed by atoms with Crippen LogP contribution in [0.1, 0.15) is 31.3 Å². The lowest BCUT2D eigenvalue weighted by Gasteiger charge is -2.19. The molecule has 0 unspecified atom stereocenters. The second-order valence-corrected chi connectivity index (χ2v) is 6.16. The molecule has 0 aliphatic rings. The lowest BCUT2D eigenvalue weighted by Crippen LogP contribution is -2.31. The number of amidine groups is 1. The zero-order chi connectivity index (χ0) is 17.0. The second-order valence-electron chi connectivity index (χ2n) is 6.16. The van der Waals surface area contributed by atoms with Crippen LogP contribution in [0.25, 0.3) is 11.0 Å². The number of fused-ring (bicyclic) bond motifs is 1. The fourth-order valence-electron chi connectivity index (χ4n) is 1.78. The van der Waals surface area contributed by atoms with Gasteiger partial charge in [-0.05, 0) is 30.3 Å². The smallest absolute Gasteiger partial charge is 0.275 e. The fourth-order valence-corrected chi connectivity index (χ4v) is 1.78. The number of amides is 1. The molecular formula is C17H21N5O. The molecule has 0 atom stereocenters. The van der Waals surface area contributed by atoms with E-state index in [2.05, 4.69) is 20.3 Å². The summed E-state index contributed by atoms with van der Waals surface area (Å²) in [6, 6.07) is 7.18. The van der Waals surface area contributed by atoms with Crippen molar-refractivity contribution >= 4 is 22.8 Å². The topological polar surface area (TPSA) is 93.3 Å². The van der Waals surface area contributed by atoms with Crippen molar-refractivity contribution in [2.45, 2.75) is 20.8 Å². The number of pyridine rings is 2. The van der Waals surface area contributed by atoms with E-state index in [-0.39, 0.29) is 17.0 Å². The maximum Gasteiger partial charge on any atom is 0.275 e. The molecule has 0 aliphatic heterocycles. The Kier molecular flexibility index (Phi) is 4.74. The molecule has 120 valence electrons. The number of aromatic nitrogens is 2. The molecule has 2 aromatic rings. The highest BCUT2D eigenvalue weighted by Gasteiger charge is 2.16. The summed E-state index contributed by atoms with van der Waals surface area (Å²) >= 11 is 0. The number of carbonyl (C=O) groups is 1. The van der Waals surface area contributed by atoms with Gasteiger partial charge in [-0.1, -0.05) is 20.8 Å². The van der Waals surface area contributed by atoms with Crippen LogP contribution >= 0.6 is 0 Å². The summed E-state index contributed by atoms with van der Waals surface area (Å²) in [5.41, 5.74) is 7.25. The molecule has 0 spiro atoms. The van der Waals surface area contributed by atoms with E-state index in [1.165, 1.54) is 0 Å². The number of nitrogens with two attached hydrogens (primary N) is 1. The standard InChI is InChI=1S/C17H21N5O/c1-17(2,3)13(18)10-14(19-4)22-16(23)12-8-7-11-6-5-9-20-15(11)21-12/h5-10H,18H2,1-4H3,(H,19,22,23). The molecule has 0 fully saturated rings. The van der Waals surface area contributed by atoms with Crippen LogP contribution in [-0.2, 0) is 0 Å². The highest BCUT2D eigenvalue weighted by atomic mass is 16.1. The molecule has 0 bridgehead atoms. The van der Waals surface area contributed by atoms with Crippen molar-refractivity contribution in [3.05, 3.63) is 47.9 Å². The number of hydrogen-bond acceptors (Lipinski definition) is 5. The zero-order valence-electron chi connectivity index (χ0n) is 13.8. The molecule has 6 heteroatoms. The SMILES string of the molecule is CN=C(C=C(N)C(C)(C)C)NC(=O)c1ccc2cccnc2n1. The molecule has 1 amide bonds. The van der Waals surface area contributed by atoms with Gasteiger partial charge in [0.2, 0.25) is 0 Å². The minimum atomic E-state index is -0.351. The Morgan fingerprint density at radius 3 is 2.70 bits per heavy atom. The largest absolute Gasteiger partial charge is 0.401 e. The van der Waals surface area contributed by atoms with E-state index >= 15 is 0 Å². The van der Waals surface area contributed by atoms with Crippen molar-refractivity contribution in [3.63, 3.8) is 0 Å². The van der Waals surface area contributed by atoms with Crippen LogP contribution in [0.2, 0.25) is 0 Å². The van der Waals surface area contributed by atoms with Gasteiger partial charge in [0.05, 0.1) is 0 Å². The first-order valence-electron chi connectivity index (χ1n) is 7.29. The van der Waals surface area contributed by atoms with Gasteiger partial charge in [-0.2, -0.15) is 0 Å². The molecule has 2 heterocycles. The lowest BCUT2D eigenvalue weighted by atomic mass is 9.92. The first kappa shape index (κ1) is 16.6. The second kappa shape index (κ2) is 6.56. The van der Waals surface area contributed by atoms with Gasteiger partial charge in [0.25, 0.3) is 5.91 Å². The first-order chi connectivity index (χ1) is 10.8. The average molecular weight is 311 g/mol. The van der Waals surface area contributed by atoms with Crippen LogP contribution in [0.5, 0.6) is 0 Å².